The van der Waals surface area contributed by atoms with E-state index in [0.717, 1.165) is 54.7 Å². The fourth-order valence-corrected chi connectivity index (χ4v) is 4.19. The second-order valence-corrected chi connectivity index (χ2v) is 8.11. The first-order valence-corrected chi connectivity index (χ1v) is 10.8. The second kappa shape index (κ2) is 8.01. The van der Waals surface area contributed by atoms with E-state index in [1.807, 2.05) is 36.4 Å². The molecule has 0 bridgehead atoms. The summed E-state index contributed by atoms with van der Waals surface area (Å²) in [6.07, 6.45) is 3.03. The van der Waals surface area contributed by atoms with Crippen LogP contribution in [0.1, 0.15) is 32.1 Å². The van der Waals surface area contributed by atoms with Crippen LogP contribution in [-0.4, -0.2) is 42.1 Å². The van der Waals surface area contributed by atoms with Gasteiger partial charge in [-0.2, -0.15) is 0 Å². The fourth-order valence-electron chi connectivity index (χ4n) is 4.19. The number of carbonyl (C=O) groups is 2. The Morgan fingerprint density at radius 3 is 1.44 bits per heavy atom. The Morgan fingerprint density at radius 1 is 0.611 bits per heavy atom. The van der Waals surface area contributed by atoms with Crippen LogP contribution >= 0.6 is 0 Å². The lowest BCUT2D eigenvalue weighted by atomic mass is 10.1. The van der Waals surface area contributed by atoms with Gasteiger partial charge < -0.3 is 20.2 Å². The van der Waals surface area contributed by atoms with Crippen LogP contribution in [0, 0.1) is 23.7 Å². The highest BCUT2D eigenvalue weighted by atomic mass is 16.4. The molecule has 4 heterocycles. The Labute approximate surface area is 202 Å². The molecule has 6 rings (SSSR count). The van der Waals surface area contributed by atoms with E-state index in [9.17, 15) is 19.8 Å². The van der Waals surface area contributed by atoms with Crippen LogP contribution in [0.15, 0.2) is 60.9 Å². The smallest absolute Gasteiger partial charge is 0.354 e. The number of carboxylic acids is 2. The number of rotatable bonds is 2. The van der Waals surface area contributed by atoms with E-state index in [1.165, 1.54) is 12.4 Å². The van der Waals surface area contributed by atoms with E-state index >= 15 is 0 Å². The number of carboxylic acid groups (broad SMARTS) is 2. The maximum atomic E-state index is 11.3. The van der Waals surface area contributed by atoms with Gasteiger partial charge in [0.05, 0.1) is 23.4 Å². The summed E-state index contributed by atoms with van der Waals surface area (Å²) in [5.41, 5.74) is 4.66. The number of fused-ring (bicyclic) bond motifs is 6. The molecule has 36 heavy (non-hydrogen) atoms. The van der Waals surface area contributed by atoms with Crippen LogP contribution in [0.4, 0.5) is 0 Å². The molecule has 0 radical (unpaired) electrons. The highest BCUT2D eigenvalue weighted by Crippen LogP contribution is 2.27. The second-order valence-electron chi connectivity index (χ2n) is 8.11. The summed E-state index contributed by atoms with van der Waals surface area (Å²) in [6, 6.07) is 14.4. The van der Waals surface area contributed by atoms with Crippen LogP contribution in [0.2, 0.25) is 0 Å². The van der Waals surface area contributed by atoms with Crippen molar-refractivity contribution in [3.63, 3.8) is 0 Å². The van der Waals surface area contributed by atoms with Gasteiger partial charge in [-0.05, 0) is 60.4 Å². The van der Waals surface area contributed by atoms with E-state index in [0.29, 0.717) is 0 Å². The van der Waals surface area contributed by atoms with Gasteiger partial charge in [0.2, 0.25) is 0 Å². The molecule has 0 saturated heterocycles. The molecule has 6 aromatic rings. The number of hydrogen-bond donors (Lipinski definition) is 4. The minimum atomic E-state index is -1.08. The first-order chi connectivity index (χ1) is 17.5. The van der Waals surface area contributed by atoms with Crippen molar-refractivity contribution in [3.05, 3.63) is 83.4 Å². The molecule has 0 saturated carbocycles. The molecule has 8 heteroatoms. The Hall–Kier alpha value is -5.60. The molecular formula is C28H14N4O4. The van der Waals surface area contributed by atoms with E-state index < -0.39 is 11.9 Å². The van der Waals surface area contributed by atoms with Crippen LogP contribution in [0.25, 0.3) is 43.6 Å². The lowest BCUT2D eigenvalue weighted by Crippen LogP contribution is -1.98. The summed E-state index contributed by atoms with van der Waals surface area (Å²) in [4.78, 5) is 36.9. The monoisotopic (exact) mass is 470 g/mol. The van der Waals surface area contributed by atoms with E-state index in [4.69, 9.17) is 0 Å². The number of pyridine rings is 2. The minimum absolute atomic E-state index is 0.0200. The lowest BCUT2D eigenvalue weighted by molar-refractivity contribution is 0.0680. The summed E-state index contributed by atoms with van der Waals surface area (Å²) in [6.45, 7) is 0. The van der Waals surface area contributed by atoms with Crippen LogP contribution < -0.4 is 0 Å². The molecule has 4 aromatic heterocycles. The van der Waals surface area contributed by atoms with Crippen molar-refractivity contribution < 1.29 is 19.8 Å². The van der Waals surface area contributed by atoms with Gasteiger partial charge in [0.1, 0.15) is 11.4 Å². The topological polar surface area (TPSA) is 132 Å². The Bertz CT molecular complexity index is 1880. The molecule has 0 aliphatic carbocycles. The van der Waals surface area contributed by atoms with Gasteiger partial charge in [-0.3, -0.25) is 0 Å². The van der Waals surface area contributed by atoms with Crippen molar-refractivity contribution in [2.45, 2.75) is 0 Å². The third-order valence-corrected chi connectivity index (χ3v) is 5.88. The molecule has 0 aliphatic heterocycles. The predicted molar refractivity (Wildman–Crippen MR) is 135 cm³/mol. The van der Waals surface area contributed by atoms with Gasteiger partial charge in [0.15, 0.2) is 0 Å². The summed E-state index contributed by atoms with van der Waals surface area (Å²) < 4.78 is 0. The molecule has 0 amide bonds. The number of nitrogens with zero attached hydrogens (tertiary/aromatic N) is 2. The molecule has 0 spiro atoms. The first-order valence-electron chi connectivity index (χ1n) is 10.8. The summed E-state index contributed by atoms with van der Waals surface area (Å²) >= 11 is 0. The van der Waals surface area contributed by atoms with Crippen molar-refractivity contribution in [3.8, 4) is 23.7 Å². The van der Waals surface area contributed by atoms with Crippen molar-refractivity contribution in [2.24, 2.45) is 0 Å². The fraction of sp³-hybridized carbons (Fsp3) is 0. The normalized spacial score (nSPS) is 10.8. The van der Waals surface area contributed by atoms with Gasteiger partial charge in [-0.25, -0.2) is 19.6 Å². The third kappa shape index (κ3) is 3.56. The summed E-state index contributed by atoms with van der Waals surface area (Å²) in [5, 5.41) is 21.7. The van der Waals surface area contributed by atoms with Crippen LogP contribution in [0.3, 0.4) is 0 Å². The van der Waals surface area contributed by atoms with Crippen molar-refractivity contribution in [1.82, 2.24) is 19.9 Å². The summed E-state index contributed by atoms with van der Waals surface area (Å²) in [5.74, 6) is 9.63. The molecular weight excluding hydrogens is 456 g/mol. The minimum Gasteiger partial charge on any atom is -0.477 e. The zero-order valence-corrected chi connectivity index (χ0v) is 18.4. The number of benzene rings is 2. The van der Waals surface area contributed by atoms with Crippen molar-refractivity contribution in [1.29, 1.82) is 0 Å². The molecule has 0 fully saturated rings. The number of aromatic nitrogens is 4. The van der Waals surface area contributed by atoms with Gasteiger partial charge in [-0.15, -0.1) is 0 Å². The highest BCUT2D eigenvalue weighted by molar-refractivity contribution is 6.10. The standard InChI is InChI=1S/C28H14N4O4/c33-27(34)23-11-19-17-9-15(5-7-21(17)31-25(19)13-29-23)3-1-2-4-16-6-8-22-18(10-16)20-12-24(28(35)36)30-14-26(20)32-22/h5-14,31-32H,(H,33,34)(H,35,36). The van der Waals surface area contributed by atoms with E-state index in [1.54, 1.807) is 12.1 Å². The Balaban J connectivity index is 1.33. The van der Waals surface area contributed by atoms with Crippen molar-refractivity contribution in [2.75, 3.05) is 0 Å². The SMILES string of the molecule is O=C(O)c1cc2c(cn1)[nH]c1ccc(C#CC#Cc3ccc4[nH]c5cnc(C(=O)O)cc5c4c3)cc12. The Kier molecular flexibility index (Phi) is 4.67. The molecule has 0 atom stereocenters. The van der Waals surface area contributed by atoms with Gasteiger partial charge in [-0.1, -0.05) is 11.8 Å². The largest absolute Gasteiger partial charge is 0.477 e. The van der Waals surface area contributed by atoms with E-state index in [-0.39, 0.29) is 11.4 Å². The van der Waals surface area contributed by atoms with Gasteiger partial charge in [0.25, 0.3) is 0 Å². The zero-order valence-electron chi connectivity index (χ0n) is 18.4. The maximum Gasteiger partial charge on any atom is 0.354 e. The number of hydrogen-bond acceptors (Lipinski definition) is 4. The number of H-pyrrole nitrogens is 2. The van der Waals surface area contributed by atoms with E-state index in [2.05, 4.69) is 43.6 Å². The van der Waals surface area contributed by atoms with Gasteiger partial charge in [0, 0.05) is 43.7 Å². The zero-order chi connectivity index (χ0) is 24.8. The predicted octanol–water partition coefficient (Wildman–Crippen LogP) is 4.55. The number of nitrogens with one attached hydrogen (secondary N) is 2. The number of aromatic carboxylic acids is 2. The average molecular weight is 470 g/mol. The van der Waals surface area contributed by atoms with Gasteiger partial charge >= 0.3 is 11.9 Å². The third-order valence-electron chi connectivity index (χ3n) is 5.88. The first kappa shape index (κ1) is 21.0. The summed E-state index contributed by atoms with van der Waals surface area (Å²) in [7, 11) is 0. The maximum absolute atomic E-state index is 11.3. The molecule has 0 unspecified atom stereocenters. The molecule has 170 valence electrons. The quantitative estimate of drug-likeness (QED) is 0.275. The lowest BCUT2D eigenvalue weighted by Gasteiger charge is -1.95. The molecule has 0 aliphatic rings. The number of aromatic amines is 2. The van der Waals surface area contributed by atoms with Crippen LogP contribution in [0.5, 0.6) is 0 Å². The van der Waals surface area contributed by atoms with Crippen molar-refractivity contribution >= 4 is 55.6 Å². The molecule has 4 N–H and O–H groups in total. The molecule has 8 nitrogen and oxygen atoms in total. The Morgan fingerprint density at radius 2 is 1.03 bits per heavy atom. The van der Waals surface area contributed by atoms with Crippen LogP contribution in [-0.2, 0) is 0 Å². The molecule has 2 aromatic carbocycles. The highest BCUT2D eigenvalue weighted by Gasteiger charge is 2.11. The average Bonchev–Trinajstić information content (AvgIpc) is 3.43.